The van der Waals surface area contributed by atoms with E-state index in [2.05, 4.69) is 15.5 Å². The molecule has 2 aromatic rings. The summed E-state index contributed by atoms with van der Waals surface area (Å²) < 4.78 is 37.3. The fourth-order valence-electron chi connectivity index (χ4n) is 2.86. The maximum atomic E-state index is 12.4. The number of carbonyl (C=O) groups is 1. The molecule has 0 saturated carbocycles. The topological polar surface area (TPSA) is 61.0 Å². The molecule has 0 bridgehead atoms. The zero-order valence-corrected chi connectivity index (χ0v) is 14.0. The number of amides is 2. The summed E-state index contributed by atoms with van der Waals surface area (Å²) in [5.41, 5.74) is -2.93. The van der Waals surface area contributed by atoms with Gasteiger partial charge in [0.2, 0.25) is 0 Å². The molecular formula is C16H17F3N4OS. The highest BCUT2D eigenvalue weighted by Gasteiger charge is 2.29. The fraction of sp³-hybridized carbons (Fsp3) is 0.375. The molecule has 0 unspecified atom stereocenters. The number of likely N-dealkylation sites (tertiary alicyclic amines) is 1. The number of carbonyl (C=O) groups excluding carboxylic acids is 1. The number of aromatic amines is 1. The zero-order chi connectivity index (χ0) is 17.9. The number of H-pyrrole nitrogens is 1. The molecule has 2 N–H and O–H groups in total. The molecule has 5 nitrogen and oxygen atoms in total. The molecule has 1 fully saturated rings. The summed E-state index contributed by atoms with van der Waals surface area (Å²) in [5.74, 6) is 0.345. The van der Waals surface area contributed by atoms with Gasteiger partial charge in [0.05, 0.1) is 0 Å². The quantitative estimate of drug-likeness (QED) is 0.786. The third-order valence-corrected chi connectivity index (χ3v) is 4.78. The van der Waals surface area contributed by atoms with Gasteiger partial charge in [-0.2, -0.15) is 18.3 Å². The van der Waals surface area contributed by atoms with E-state index in [0.29, 0.717) is 24.7 Å². The molecule has 1 aliphatic rings. The lowest BCUT2D eigenvalue weighted by atomic mass is 9.94. The van der Waals surface area contributed by atoms with Gasteiger partial charge in [-0.25, -0.2) is 4.79 Å². The molecule has 1 saturated heterocycles. The number of nitrogens with one attached hydrogen (secondary N) is 2. The number of halogens is 3. The zero-order valence-electron chi connectivity index (χ0n) is 13.2. The van der Waals surface area contributed by atoms with Crippen LogP contribution >= 0.6 is 11.8 Å². The van der Waals surface area contributed by atoms with Crippen molar-refractivity contribution in [3.63, 3.8) is 0 Å². The number of nitrogens with zero attached hydrogens (tertiary/aromatic N) is 2. The minimum Gasteiger partial charge on any atom is -0.324 e. The predicted molar refractivity (Wildman–Crippen MR) is 89.5 cm³/mol. The Morgan fingerprint density at radius 1 is 1.28 bits per heavy atom. The number of piperidine rings is 1. The summed E-state index contributed by atoms with van der Waals surface area (Å²) in [4.78, 5) is 14.0. The third kappa shape index (κ3) is 4.91. The number of thioether (sulfide) groups is 1. The Hall–Kier alpha value is -2.16. The molecule has 1 aromatic heterocycles. The number of anilines is 1. The Labute approximate surface area is 147 Å². The summed E-state index contributed by atoms with van der Waals surface area (Å²) in [6.07, 6.45) is 3.35. The lowest BCUT2D eigenvalue weighted by molar-refractivity contribution is -0.0328. The fourth-order valence-corrected chi connectivity index (χ4v) is 3.46. The van der Waals surface area contributed by atoms with Gasteiger partial charge in [0.25, 0.3) is 0 Å². The molecule has 0 radical (unpaired) electrons. The van der Waals surface area contributed by atoms with Crippen molar-refractivity contribution in [2.45, 2.75) is 29.2 Å². The van der Waals surface area contributed by atoms with Crippen molar-refractivity contribution < 1.29 is 18.0 Å². The van der Waals surface area contributed by atoms with Crippen molar-refractivity contribution in [1.29, 1.82) is 0 Å². The number of aromatic nitrogens is 2. The van der Waals surface area contributed by atoms with Crippen LogP contribution in [0, 0.1) is 0 Å². The average Bonchev–Trinajstić information content (AvgIpc) is 3.08. The van der Waals surface area contributed by atoms with E-state index in [1.54, 1.807) is 17.2 Å². The second-order valence-electron chi connectivity index (χ2n) is 5.78. The first kappa shape index (κ1) is 17.7. The van der Waals surface area contributed by atoms with E-state index >= 15 is 0 Å². The first-order valence-corrected chi connectivity index (χ1v) is 8.63. The van der Waals surface area contributed by atoms with E-state index in [0.717, 1.165) is 18.5 Å². The number of hydrogen-bond acceptors (Lipinski definition) is 3. The first-order chi connectivity index (χ1) is 11.9. The number of benzene rings is 1. The molecule has 9 heteroatoms. The SMILES string of the molecule is O=C(Nc1cccc(SC(F)(F)F)c1)N1CCC(c2ccn[nH]2)CC1. The van der Waals surface area contributed by atoms with Gasteiger partial charge in [-0.15, -0.1) is 0 Å². The average molecular weight is 370 g/mol. The van der Waals surface area contributed by atoms with Gasteiger partial charge in [0.1, 0.15) is 0 Å². The highest BCUT2D eigenvalue weighted by atomic mass is 32.2. The monoisotopic (exact) mass is 370 g/mol. The van der Waals surface area contributed by atoms with E-state index in [1.807, 2.05) is 6.07 Å². The Kier molecular flexibility index (Phi) is 5.22. The van der Waals surface area contributed by atoms with Crippen LogP contribution in [-0.4, -0.2) is 39.7 Å². The maximum Gasteiger partial charge on any atom is 0.446 e. The largest absolute Gasteiger partial charge is 0.446 e. The van der Waals surface area contributed by atoms with Crippen molar-refractivity contribution in [3.05, 3.63) is 42.2 Å². The van der Waals surface area contributed by atoms with Gasteiger partial charge in [0, 0.05) is 41.5 Å². The third-order valence-electron chi connectivity index (χ3n) is 4.06. The number of alkyl halides is 3. The van der Waals surface area contributed by atoms with Crippen LogP contribution in [0.1, 0.15) is 24.5 Å². The predicted octanol–water partition coefficient (Wildman–Crippen LogP) is 4.43. The van der Waals surface area contributed by atoms with Crippen LogP contribution in [0.25, 0.3) is 0 Å². The second-order valence-corrected chi connectivity index (χ2v) is 6.92. The van der Waals surface area contributed by atoms with Gasteiger partial charge in [0.15, 0.2) is 0 Å². The lowest BCUT2D eigenvalue weighted by Gasteiger charge is -2.31. The van der Waals surface area contributed by atoms with Crippen LogP contribution < -0.4 is 5.32 Å². The molecule has 0 aliphatic carbocycles. The Morgan fingerprint density at radius 3 is 2.68 bits per heavy atom. The molecular weight excluding hydrogens is 353 g/mol. The van der Waals surface area contributed by atoms with Crippen LogP contribution in [0.2, 0.25) is 0 Å². The summed E-state index contributed by atoms with van der Waals surface area (Å²) in [5, 5.41) is 9.57. The van der Waals surface area contributed by atoms with E-state index in [4.69, 9.17) is 0 Å². The minimum atomic E-state index is -4.35. The smallest absolute Gasteiger partial charge is 0.324 e. The Balaban J connectivity index is 1.55. The van der Waals surface area contributed by atoms with Crippen LogP contribution in [0.3, 0.4) is 0 Å². The molecule has 1 aliphatic heterocycles. The molecule has 0 atom stereocenters. The van der Waals surface area contributed by atoms with Crippen molar-refractivity contribution in [2.24, 2.45) is 0 Å². The molecule has 134 valence electrons. The molecule has 25 heavy (non-hydrogen) atoms. The van der Waals surface area contributed by atoms with Crippen molar-refractivity contribution >= 4 is 23.5 Å². The van der Waals surface area contributed by atoms with Gasteiger partial charge in [-0.05, 0) is 48.9 Å². The van der Waals surface area contributed by atoms with E-state index < -0.39 is 5.51 Å². The van der Waals surface area contributed by atoms with E-state index in [1.165, 1.54) is 18.2 Å². The molecule has 3 rings (SSSR count). The maximum absolute atomic E-state index is 12.4. The standard InChI is InChI=1S/C16H17F3N4OS/c17-16(18,19)25-13-3-1-2-12(10-13)21-15(24)23-8-5-11(6-9-23)14-4-7-20-22-14/h1-4,7,10-11H,5-6,8-9H2,(H,20,22)(H,21,24). The summed E-state index contributed by atoms with van der Waals surface area (Å²) in [7, 11) is 0. The minimum absolute atomic E-state index is 0.0447. The van der Waals surface area contributed by atoms with Crippen molar-refractivity contribution in [1.82, 2.24) is 15.1 Å². The van der Waals surface area contributed by atoms with Crippen LogP contribution in [0.5, 0.6) is 0 Å². The number of urea groups is 1. The van der Waals surface area contributed by atoms with Gasteiger partial charge >= 0.3 is 11.5 Å². The van der Waals surface area contributed by atoms with Gasteiger partial charge in [-0.1, -0.05) is 6.07 Å². The summed E-state index contributed by atoms with van der Waals surface area (Å²) >= 11 is -0.198. The van der Waals surface area contributed by atoms with E-state index in [-0.39, 0.29) is 22.7 Å². The van der Waals surface area contributed by atoms with Crippen LogP contribution in [-0.2, 0) is 0 Å². The lowest BCUT2D eigenvalue weighted by Crippen LogP contribution is -2.40. The van der Waals surface area contributed by atoms with E-state index in [9.17, 15) is 18.0 Å². The van der Waals surface area contributed by atoms with Crippen molar-refractivity contribution in [3.8, 4) is 0 Å². The van der Waals surface area contributed by atoms with Crippen LogP contribution in [0.15, 0.2) is 41.4 Å². The normalized spacial score (nSPS) is 16.0. The molecule has 2 amide bonds. The summed E-state index contributed by atoms with van der Waals surface area (Å²) in [6, 6.07) is 7.41. The first-order valence-electron chi connectivity index (χ1n) is 7.82. The van der Waals surface area contributed by atoms with Crippen molar-refractivity contribution in [2.75, 3.05) is 18.4 Å². The Bertz CT molecular complexity index is 712. The number of hydrogen-bond donors (Lipinski definition) is 2. The highest BCUT2D eigenvalue weighted by Crippen LogP contribution is 2.37. The number of rotatable bonds is 3. The molecule has 0 spiro atoms. The van der Waals surface area contributed by atoms with Crippen LogP contribution in [0.4, 0.5) is 23.7 Å². The summed E-state index contributed by atoms with van der Waals surface area (Å²) in [6.45, 7) is 1.18. The Morgan fingerprint density at radius 2 is 2.04 bits per heavy atom. The molecule has 2 heterocycles. The molecule has 1 aromatic carbocycles. The highest BCUT2D eigenvalue weighted by molar-refractivity contribution is 8.00. The van der Waals surface area contributed by atoms with Gasteiger partial charge in [-0.3, -0.25) is 5.10 Å². The van der Waals surface area contributed by atoms with Gasteiger partial charge < -0.3 is 10.2 Å². The second kappa shape index (κ2) is 7.38.